The molecule has 0 aromatic heterocycles. The normalized spacial score (nSPS) is 11.0. The van der Waals surface area contributed by atoms with Crippen molar-refractivity contribution in [1.29, 1.82) is 0 Å². The molecule has 0 aliphatic heterocycles. The van der Waals surface area contributed by atoms with E-state index >= 15 is 0 Å². The Morgan fingerprint density at radius 2 is 1.25 bits per heavy atom. The molecule has 0 heterocycles. The molecule has 3 nitrogen and oxygen atoms in total. The number of halogens is 2. The van der Waals surface area contributed by atoms with Crippen molar-refractivity contribution in [2.24, 2.45) is 0 Å². The van der Waals surface area contributed by atoms with Gasteiger partial charge in [0.2, 0.25) is 0 Å². The van der Waals surface area contributed by atoms with Crippen molar-refractivity contribution in [3.63, 3.8) is 0 Å². The molecule has 2 N–H and O–H groups in total. The van der Waals surface area contributed by atoms with Gasteiger partial charge in [-0.1, -0.05) is 18.2 Å². The van der Waals surface area contributed by atoms with Gasteiger partial charge in [-0.3, -0.25) is 4.89 Å². The quantitative estimate of drug-likeness (QED) is 0.563. The second kappa shape index (κ2) is 8.39. The van der Waals surface area contributed by atoms with Crippen molar-refractivity contribution in [3.8, 4) is 0 Å². The van der Waals surface area contributed by atoms with Gasteiger partial charge in [-0.2, -0.15) is 0 Å². The van der Waals surface area contributed by atoms with Crippen molar-refractivity contribution in [2.75, 3.05) is 0 Å². The smallest absolute Gasteiger partial charge is 0.389 e. The highest BCUT2D eigenvalue weighted by molar-refractivity contribution is 7.46. The first-order chi connectivity index (χ1) is 7.18. The molecule has 6 heteroatoms. The summed E-state index contributed by atoms with van der Waals surface area (Å²) in [5.74, 6) is 0. The maximum absolute atomic E-state index is 10.1. The predicted octanol–water partition coefficient (Wildman–Crippen LogP) is 3.47. The van der Waals surface area contributed by atoms with E-state index in [0.717, 1.165) is 0 Å². The van der Waals surface area contributed by atoms with Crippen LogP contribution in [0.5, 0.6) is 0 Å². The highest BCUT2D eigenvalue weighted by Crippen LogP contribution is 2.43. The Kier molecular flexibility index (Phi) is 9.24. The molecule has 0 aliphatic rings. The van der Waals surface area contributed by atoms with E-state index in [1.54, 1.807) is 18.2 Å². The molecule has 0 spiro atoms. The zero-order valence-electron chi connectivity index (χ0n) is 8.98. The molecule has 0 bridgehead atoms. The third-order valence-electron chi connectivity index (χ3n) is 1.57. The van der Waals surface area contributed by atoms with Crippen molar-refractivity contribution in [3.05, 3.63) is 38.0 Å². The van der Waals surface area contributed by atoms with Gasteiger partial charge in [0.05, 0.1) is 5.60 Å². The largest absolute Gasteiger partial charge is 0.549 e. The molecule has 16 heavy (non-hydrogen) atoms. The van der Waals surface area contributed by atoms with Crippen LogP contribution in [0.1, 0.15) is 19.3 Å². The van der Waals surface area contributed by atoms with Crippen LogP contribution in [-0.2, 0) is 4.57 Å². The Bertz CT molecular complexity index is 238. The van der Waals surface area contributed by atoms with Gasteiger partial charge < -0.3 is 5.11 Å². The number of aliphatic hydroxyl groups is 1. The molecule has 0 aromatic rings. The van der Waals surface area contributed by atoms with E-state index < -0.39 is 13.6 Å². The lowest BCUT2D eigenvalue weighted by atomic mass is 9.92. The van der Waals surface area contributed by atoms with Gasteiger partial charge >= 0.3 is 7.99 Å². The molecule has 0 saturated carbocycles. The van der Waals surface area contributed by atoms with Crippen LogP contribution in [0.15, 0.2) is 38.0 Å². The van der Waals surface area contributed by atoms with Crippen molar-refractivity contribution >= 4 is 7.99 Å². The Morgan fingerprint density at radius 3 is 1.38 bits per heavy atom. The van der Waals surface area contributed by atoms with Crippen LogP contribution >= 0.6 is 7.99 Å². The van der Waals surface area contributed by atoms with Gasteiger partial charge in [0, 0.05) is 0 Å². The van der Waals surface area contributed by atoms with Crippen LogP contribution in [-0.4, -0.2) is 15.6 Å². The minimum Gasteiger partial charge on any atom is -0.389 e. The molecule has 0 aliphatic carbocycles. The first-order valence-electron chi connectivity index (χ1n) is 4.45. The van der Waals surface area contributed by atoms with Gasteiger partial charge in [0.25, 0.3) is 0 Å². The van der Waals surface area contributed by atoms with Gasteiger partial charge in [-0.15, -0.1) is 28.1 Å². The summed E-state index contributed by atoms with van der Waals surface area (Å²) < 4.78 is 28.7. The fourth-order valence-corrected chi connectivity index (χ4v) is 1.06. The van der Waals surface area contributed by atoms with Gasteiger partial charge in [-0.05, 0) is 19.3 Å². The zero-order valence-corrected chi connectivity index (χ0v) is 9.87. The van der Waals surface area contributed by atoms with Crippen molar-refractivity contribution in [1.82, 2.24) is 0 Å². The Balaban J connectivity index is 0. The average Bonchev–Trinajstić information content (AvgIpc) is 2.01. The topological polar surface area (TPSA) is 57.5 Å². The third kappa shape index (κ3) is 15.7. The SMILES string of the molecule is C=CCC(O)(CC=C)CC=C.O=P(O)(F)F. The lowest BCUT2D eigenvalue weighted by Gasteiger charge is -2.23. The average molecular weight is 254 g/mol. The fourth-order valence-electron chi connectivity index (χ4n) is 1.06. The first-order valence-corrected chi connectivity index (χ1v) is 5.90. The fraction of sp³-hybridized carbons (Fsp3) is 0.400. The molecule has 0 rings (SSSR count). The molecule has 0 unspecified atom stereocenters. The van der Waals surface area contributed by atoms with E-state index in [0.29, 0.717) is 19.3 Å². The second-order valence-corrected chi connectivity index (χ2v) is 4.01. The third-order valence-corrected chi connectivity index (χ3v) is 1.57. The predicted molar refractivity (Wildman–Crippen MR) is 61.4 cm³/mol. The minimum atomic E-state index is -5.64. The molecule has 0 atom stereocenters. The highest BCUT2D eigenvalue weighted by Gasteiger charge is 2.21. The van der Waals surface area contributed by atoms with Crippen LogP contribution in [0.3, 0.4) is 0 Å². The van der Waals surface area contributed by atoms with E-state index in [1.165, 1.54) is 0 Å². The summed E-state index contributed by atoms with van der Waals surface area (Å²) in [5.41, 5.74) is -0.703. The van der Waals surface area contributed by atoms with Crippen LogP contribution in [0.2, 0.25) is 0 Å². The summed E-state index contributed by atoms with van der Waals surface area (Å²) in [5, 5.41) is 9.80. The standard InChI is InChI=1S/C10H16O.F2HO2P/c1-4-7-10(11,8-5-2)9-6-3;1-5(2,3)4/h4-6,11H,1-3,7-9H2;(H,3,4). The lowest BCUT2D eigenvalue weighted by Crippen LogP contribution is -2.25. The maximum atomic E-state index is 10.1. The zero-order chi connectivity index (χ0) is 13.2. The number of hydrogen-bond acceptors (Lipinski definition) is 2. The molecular weight excluding hydrogens is 237 g/mol. The summed E-state index contributed by atoms with van der Waals surface area (Å²) in [7, 11) is -5.64. The van der Waals surface area contributed by atoms with Gasteiger partial charge in [0.1, 0.15) is 0 Å². The number of hydrogen-bond donors (Lipinski definition) is 2. The summed E-state index contributed by atoms with van der Waals surface area (Å²) in [6.07, 6.45) is 6.91. The summed E-state index contributed by atoms with van der Waals surface area (Å²) in [4.78, 5) is 6.74. The maximum Gasteiger partial charge on any atom is 0.549 e. The first kappa shape index (κ1) is 17.6. The Hall–Kier alpha value is -0.770. The molecule has 0 amide bonds. The molecule has 94 valence electrons. The van der Waals surface area contributed by atoms with E-state index in [4.69, 9.17) is 9.46 Å². The van der Waals surface area contributed by atoms with Crippen LogP contribution < -0.4 is 0 Å². The minimum absolute atomic E-state index is 0.588. The summed E-state index contributed by atoms with van der Waals surface area (Å²) in [6, 6.07) is 0. The second-order valence-electron chi connectivity index (χ2n) is 3.14. The van der Waals surface area contributed by atoms with Crippen LogP contribution in [0.4, 0.5) is 8.39 Å². The molecule has 0 aromatic carbocycles. The van der Waals surface area contributed by atoms with Crippen molar-refractivity contribution in [2.45, 2.75) is 24.9 Å². The van der Waals surface area contributed by atoms with E-state index in [1.807, 2.05) is 0 Å². The van der Waals surface area contributed by atoms with E-state index in [-0.39, 0.29) is 0 Å². The monoisotopic (exact) mass is 254 g/mol. The van der Waals surface area contributed by atoms with Crippen molar-refractivity contribution < 1.29 is 23.0 Å². The molecule has 0 fully saturated rings. The Labute approximate surface area is 94.5 Å². The molecular formula is C10H17F2O3P. The van der Waals surface area contributed by atoms with E-state index in [9.17, 15) is 13.5 Å². The van der Waals surface area contributed by atoms with Crippen LogP contribution in [0, 0.1) is 0 Å². The lowest BCUT2D eigenvalue weighted by molar-refractivity contribution is 0.0496. The Morgan fingerprint density at radius 1 is 1.06 bits per heavy atom. The number of rotatable bonds is 6. The van der Waals surface area contributed by atoms with Crippen LogP contribution in [0.25, 0.3) is 0 Å². The van der Waals surface area contributed by atoms with Gasteiger partial charge in [-0.25, -0.2) is 4.57 Å². The van der Waals surface area contributed by atoms with Gasteiger partial charge in [0.15, 0.2) is 0 Å². The molecule has 0 saturated heterocycles. The highest BCUT2D eigenvalue weighted by atomic mass is 31.2. The van der Waals surface area contributed by atoms with E-state index in [2.05, 4.69) is 19.7 Å². The summed E-state index contributed by atoms with van der Waals surface area (Å²) in [6.45, 7) is 10.7. The summed E-state index contributed by atoms with van der Waals surface area (Å²) >= 11 is 0. The molecule has 0 radical (unpaired) electrons.